The molecule has 0 aliphatic carbocycles. The highest BCUT2D eigenvalue weighted by Gasteiger charge is 2.12. The van der Waals surface area contributed by atoms with E-state index >= 15 is 0 Å². The Hall–Kier alpha value is -1.83. The fourth-order valence-corrected chi connectivity index (χ4v) is 2.19. The minimum absolute atomic E-state index is 0.321. The maximum absolute atomic E-state index is 5.89. The number of hydrogen-bond donors (Lipinski definition) is 0. The number of rotatable bonds is 1. The zero-order chi connectivity index (χ0) is 12.0. The summed E-state index contributed by atoms with van der Waals surface area (Å²) in [5, 5.41) is 2.40. The van der Waals surface area contributed by atoms with E-state index in [1.807, 2.05) is 6.07 Å². The molecule has 17 heavy (non-hydrogen) atoms. The molecule has 0 radical (unpaired) electrons. The molecule has 3 rings (SSSR count). The second-order valence-corrected chi connectivity index (χ2v) is 4.79. The van der Waals surface area contributed by atoms with E-state index in [4.69, 9.17) is 4.42 Å². The molecule has 0 atom stereocenters. The van der Waals surface area contributed by atoms with Gasteiger partial charge in [0.2, 0.25) is 0 Å². The fourth-order valence-electron chi connectivity index (χ4n) is 2.19. The van der Waals surface area contributed by atoms with Crippen molar-refractivity contribution in [3.8, 4) is 0 Å². The molecule has 0 N–H and O–H groups in total. The number of benzene rings is 2. The molecule has 1 heterocycles. The molecule has 2 heteroatoms. The van der Waals surface area contributed by atoms with Gasteiger partial charge in [-0.25, -0.2) is 4.98 Å². The molecule has 1 aromatic heterocycles. The van der Waals surface area contributed by atoms with E-state index in [1.165, 1.54) is 10.9 Å². The summed E-state index contributed by atoms with van der Waals surface area (Å²) in [4.78, 5) is 4.56. The number of nitrogens with zero attached hydrogens (tertiary/aromatic N) is 1. The molecule has 3 aromatic rings. The van der Waals surface area contributed by atoms with Crippen LogP contribution in [0.15, 0.2) is 34.7 Å². The van der Waals surface area contributed by atoms with E-state index in [-0.39, 0.29) is 0 Å². The second-order valence-electron chi connectivity index (χ2n) is 4.79. The van der Waals surface area contributed by atoms with Crippen LogP contribution in [0.4, 0.5) is 0 Å². The number of aryl methyl sites for hydroxylation is 1. The molecule has 0 amide bonds. The van der Waals surface area contributed by atoms with Crippen LogP contribution in [0.5, 0.6) is 0 Å². The van der Waals surface area contributed by atoms with Gasteiger partial charge in [0.1, 0.15) is 5.52 Å². The highest BCUT2D eigenvalue weighted by Crippen LogP contribution is 2.30. The van der Waals surface area contributed by atoms with Crippen molar-refractivity contribution in [3.63, 3.8) is 0 Å². The highest BCUT2D eigenvalue weighted by molar-refractivity contribution is 6.04. The summed E-state index contributed by atoms with van der Waals surface area (Å²) in [7, 11) is 0. The number of hydrogen-bond acceptors (Lipinski definition) is 2. The SMILES string of the molecule is Cc1cc2nc(C(C)C)oc2c2ccccc12. The lowest BCUT2D eigenvalue weighted by Gasteiger charge is -2.01. The van der Waals surface area contributed by atoms with Crippen molar-refractivity contribution in [2.24, 2.45) is 0 Å². The van der Waals surface area contributed by atoms with Crippen LogP contribution in [0.2, 0.25) is 0 Å². The summed E-state index contributed by atoms with van der Waals surface area (Å²) < 4.78 is 5.89. The number of aromatic nitrogens is 1. The van der Waals surface area contributed by atoms with Crippen LogP contribution in [0, 0.1) is 6.92 Å². The molecule has 86 valence electrons. The van der Waals surface area contributed by atoms with E-state index in [9.17, 15) is 0 Å². The van der Waals surface area contributed by atoms with Crippen LogP contribution >= 0.6 is 0 Å². The molecule has 0 saturated carbocycles. The lowest BCUT2D eigenvalue weighted by atomic mass is 10.0. The van der Waals surface area contributed by atoms with Gasteiger partial charge in [-0.2, -0.15) is 0 Å². The Morgan fingerprint density at radius 2 is 1.82 bits per heavy atom. The first-order valence-electron chi connectivity index (χ1n) is 5.95. The monoisotopic (exact) mass is 225 g/mol. The molecule has 0 aliphatic rings. The third kappa shape index (κ3) is 1.52. The Morgan fingerprint density at radius 1 is 1.12 bits per heavy atom. The zero-order valence-electron chi connectivity index (χ0n) is 10.3. The summed E-state index contributed by atoms with van der Waals surface area (Å²) in [6, 6.07) is 10.4. The lowest BCUT2D eigenvalue weighted by molar-refractivity contribution is 0.503. The van der Waals surface area contributed by atoms with Gasteiger partial charge in [-0.05, 0) is 23.9 Å². The number of fused-ring (bicyclic) bond motifs is 3. The van der Waals surface area contributed by atoms with E-state index in [0.717, 1.165) is 22.4 Å². The van der Waals surface area contributed by atoms with Crippen LogP contribution in [0.25, 0.3) is 21.9 Å². The van der Waals surface area contributed by atoms with Gasteiger partial charge in [0, 0.05) is 11.3 Å². The van der Waals surface area contributed by atoms with Gasteiger partial charge in [-0.3, -0.25) is 0 Å². The van der Waals surface area contributed by atoms with Crippen LogP contribution in [0.1, 0.15) is 31.2 Å². The van der Waals surface area contributed by atoms with Crippen LogP contribution in [-0.4, -0.2) is 4.98 Å². The van der Waals surface area contributed by atoms with Crippen LogP contribution < -0.4 is 0 Å². The minimum Gasteiger partial charge on any atom is -0.440 e. The summed E-state index contributed by atoms with van der Waals surface area (Å²) in [6.07, 6.45) is 0. The van der Waals surface area contributed by atoms with Crippen LogP contribution in [-0.2, 0) is 0 Å². The maximum Gasteiger partial charge on any atom is 0.198 e. The van der Waals surface area contributed by atoms with Gasteiger partial charge >= 0.3 is 0 Å². The van der Waals surface area contributed by atoms with Gasteiger partial charge in [-0.1, -0.05) is 38.1 Å². The zero-order valence-corrected chi connectivity index (χ0v) is 10.3. The Labute approximate surface area is 100 Å². The van der Waals surface area contributed by atoms with E-state index in [2.05, 4.69) is 50.0 Å². The largest absolute Gasteiger partial charge is 0.440 e. The third-order valence-corrected chi connectivity index (χ3v) is 3.11. The van der Waals surface area contributed by atoms with Gasteiger partial charge in [0.25, 0.3) is 0 Å². The van der Waals surface area contributed by atoms with Crippen molar-refractivity contribution in [1.82, 2.24) is 4.98 Å². The predicted molar refractivity (Wildman–Crippen MR) is 70.3 cm³/mol. The lowest BCUT2D eigenvalue weighted by Crippen LogP contribution is -1.84. The highest BCUT2D eigenvalue weighted by atomic mass is 16.3. The molecule has 0 unspecified atom stereocenters. The molecular formula is C15H15NO. The molecule has 0 bridgehead atoms. The topological polar surface area (TPSA) is 26.0 Å². The summed E-state index contributed by atoms with van der Waals surface area (Å²) in [6.45, 7) is 6.31. The first kappa shape index (κ1) is 10.3. The molecular weight excluding hydrogens is 210 g/mol. The Kier molecular flexibility index (Phi) is 2.18. The van der Waals surface area contributed by atoms with Crippen molar-refractivity contribution < 1.29 is 4.42 Å². The van der Waals surface area contributed by atoms with Crippen LogP contribution in [0.3, 0.4) is 0 Å². The van der Waals surface area contributed by atoms with E-state index in [1.54, 1.807) is 0 Å². The number of oxazole rings is 1. The summed E-state index contributed by atoms with van der Waals surface area (Å²) in [5.74, 6) is 1.14. The second kappa shape index (κ2) is 3.59. The first-order chi connectivity index (χ1) is 8.16. The van der Waals surface area contributed by atoms with Gasteiger partial charge < -0.3 is 4.42 Å². The summed E-state index contributed by atoms with van der Waals surface area (Å²) >= 11 is 0. The van der Waals surface area contributed by atoms with Crippen molar-refractivity contribution >= 4 is 21.9 Å². The molecule has 0 aliphatic heterocycles. The van der Waals surface area contributed by atoms with Gasteiger partial charge in [0.15, 0.2) is 11.5 Å². The molecule has 2 aromatic carbocycles. The average molecular weight is 225 g/mol. The smallest absolute Gasteiger partial charge is 0.198 e. The van der Waals surface area contributed by atoms with Crippen molar-refractivity contribution in [1.29, 1.82) is 0 Å². The first-order valence-corrected chi connectivity index (χ1v) is 5.95. The predicted octanol–water partition coefficient (Wildman–Crippen LogP) is 4.41. The van der Waals surface area contributed by atoms with Crippen molar-refractivity contribution in [3.05, 3.63) is 41.8 Å². The van der Waals surface area contributed by atoms with Crippen molar-refractivity contribution in [2.75, 3.05) is 0 Å². The Balaban J connectivity index is 2.46. The Morgan fingerprint density at radius 3 is 2.53 bits per heavy atom. The standard InChI is InChI=1S/C15H15NO/c1-9(2)15-16-13-8-10(3)11-6-4-5-7-12(11)14(13)17-15/h4-9H,1-3H3. The fraction of sp³-hybridized carbons (Fsp3) is 0.267. The molecule has 0 fully saturated rings. The molecule has 0 spiro atoms. The third-order valence-electron chi connectivity index (χ3n) is 3.11. The van der Waals surface area contributed by atoms with E-state index < -0.39 is 0 Å². The van der Waals surface area contributed by atoms with Crippen molar-refractivity contribution in [2.45, 2.75) is 26.7 Å². The summed E-state index contributed by atoms with van der Waals surface area (Å²) in [5.41, 5.74) is 3.12. The molecule has 0 saturated heterocycles. The average Bonchev–Trinajstić information content (AvgIpc) is 2.73. The normalized spacial score (nSPS) is 11.8. The maximum atomic E-state index is 5.89. The van der Waals surface area contributed by atoms with Gasteiger partial charge in [0.05, 0.1) is 0 Å². The minimum atomic E-state index is 0.321. The quantitative estimate of drug-likeness (QED) is 0.613. The Bertz CT molecular complexity index is 695. The van der Waals surface area contributed by atoms with E-state index in [0.29, 0.717) is 5.92 Å². The van der Waals surface area contributed by atoms with Gasteiger partial charge in [-0.15, -0.1) is 0 Å². The molecule has 2 nitrogen and oxygen atoms in total.